The Bertz CT molecular complexity index is 506. The van der Waals surface area contributed by atoms with Gasteiger partial charge >= 0.3 is 0 Å². The minimum atomic E-state index is -0.333. The standard InChI is InChI=1S/C16H24N4O2/c1-12(21)14-11-15(19-18-14)16(22)17-9-6-10-20(2)13-7-4-3-5-8-13/h3-5,7-8,14-15,18-19H,6,9-11H2,1-2H3,(H,17,22). The molecule has 22 heavy (non-hydrogen) atoms. The number of nitrogens with zero attached hydrogens (tertiary/aromatic N) is 1. The zero-order chi connectivity index (χ0) is 15.9. The van der Waals surface area contributed by atoms with Crippen LogP contribution in [-0.4, -0.2) is 43.9 Å². The fourth-order valence-electron chi connectivity index (χ4n) is 2.46. The fourth-order valence-corrected chi connectivity index (χ4v) is 2.46. The maximum absolute atomic E-state index is 12.0. The molecule has 2 unspecified atom stereocenters. The molecule has 1 heterocycles. The first kappa shape index (κ1) is 16.5. The molecule has 6 heteroatoms. The van der Waals surface area contributed by atoms with E-state index >= 15 is 0 Å². The van der Waals surface area contributed by atoms with E-state index in [0.717, 1.165) is 13.0 Å². The largest absolute Gasteiger partial charge is 0.375 e. The number of carbonyl (C=O) groups excluding carboxylic acids is 2. The van der Waals surface area contributed by atoms with Gasteiger partial charge in [0.1, 0.15) is 11.8 Å². The van der Waals surface area contributed by atoms with E-state index in [0.29, 0.717) is 13.0 Å². The van der Waals surface area contributed by atoms with E-state index in [9.17, 15) is 9.59 Å². The van der Waals surface area contributed by atoms with E-state index in [2.05, 4.69) is 33.2 Å². The lowest BCUT2D eigenvalue weighted by Gasteiger charge is -2.19. The molecule has 1 fully saturated rings. The molecular formula is C16H24N4O2. The highest BCUT2D eigenvalue weighted by Gasteiger charge is 2.31. The maximum atomic E-state index is 12.0. The van der Waals surface area contributed by atoms with E-state index in [1.165, 1.54) is 12.6 Å². The van der Waals surface area contributed by atoms with E-state index in [1.54, 1.807) is 0 Å². The van der Waals surface area contributed by atoms with Gasteiger partial charge in [-0.3, -0.25) is 9.59 Å². The Morgan fingerprint density at radius 2 is 1.91 bits per heavy atom. The van der Waals surface area contributed by atoms with Crippen molar-refractivity contribution in [2.75, 3.05) is 25.0 Å². The van der Waals surface area contributed by atoms with Crippen LogP contribution in [0.4, 0.5) is 5.69 Å². The number of Topliss-reactive ketones (excluding diaryl/α,β-unsaturated/α-hetero) is 1. The van der Waals surface area contributed by atoms with Crippen molar-refractivity contribution in [3.05, 3.63) is 30.3 Å². The highest BCUT2D eigenvalue weighted by atomic mass is 16.2. The van der Waals surface area contributed by atoms with Gasteiger partial charge in [-0.2, -0.15) is 0 Å². The highest BCUT2D eigenvalue weighted by Crippen LogP contribution is 2.10. The molecular weight excluding hydrogens is 280 g/mol. The summed E-state index contributed by atoms with van der Waals surface area (Å²) in [4.78, 5) is 25.4. The smallest absolute Gasteiger partial charge is 0.238 e. The van der Waals surface area contributed by atoms with Crippen molar-refractivity contribution in [3.8, 4) is 0 Å². The topological polar surface area (TPSA) is 73.5 Å². The van der Waals surface area contributed by atoms with Crippen molar-refractivity contribution in [1.82, 2.24) is 16.2 Å². The molecule has 1 aliphatic rings. The minimum Gasteiger partial charge on any atom is -0.375 e. The summed E-state index contributed by atoms with van der Waals surface area (Å²) < 4.78 is 0. The van der Waals surface area contributed by atoms with Gasteiger partial charge in [0.25, 0.3) is 0 Å². The average molecular weight is 304 g/mol. The van der Waals surface area contributed by atoms with Crippen molar-refractivity contribution in [2.45, 2.75) is 31.8 Å². The van der Waals surface area contributed by atoms with Crippen LogP contribution < -0.4 is 21.1 Å². The number of para-hydroxylation sites is 1. The zero-order valence-corrected chi connectivity index (χ0v) is 13.1. The molecule has 0 aliphatic carbocycles. The highest BCUT2D eigenvalue weighted by molar-refractivity contribution is 5.86. The van der Waals surface area contributed by atoms with Crippen molar-refractivity contribution in [3.63, 3.8) is 0 Å². The van der Waals surface area contributed by atoms with Crippen LogP contribution in [-0.2, 0) is 9.59 Å². The molecule has 120 valence electrons. The van der Waals surface area contributed by atoms with Crippen LogP contribution in [0.1, 0.15) is 19.8 Å². The van der Waals surface area contributed by atoms with Gasteiger partial charge in [-0.25, -0.2) is 10.9 Å². The molecule has 3 N–H and O–H groups in total. The number of nitrogens with one attached hydrogen (secondary N) is 3. The van der Waals surface area contributed by atoms with Crippen LogP contribution in [0, 0.1) is 0 Å². The first-order chi connectivity index (χ1) is 10.6. The summed E-state index contributed by atoms with van der Waals surface area (Å²) in [6.07, 6.45) is 1.37. The van der Waals surface area contributed by atoms with Gasteiger partial charge < -0.3 is 10.2 Å². The lowest BCUT2D eigenvalue weighted by Crippen LogP contribution is -2.44. The number of carbonyl (C=O) groups is 2. The number of hydrogen-bond acceptors (Lipinski definition) is 5. The first-order valence-electron chi connectivity index (χ1n) is 7.63. The quantitative estimate of drug-likeness (QED) is 0.638. The van der Waals surface area contributed by atoms with Crippen LogP contribution in [0.3, 0.4) is 0 Å². The van der Waals surface area contributed by atoms with Crippen molar-refractivity contribution in [1.29, 1.82) is 0 Å². The number of rotatable bonds is 7. The van der Waals surface area contributed by atoms with E-state index < -0.39 is 0 Å². The number of hydrogen-bond donors (Lipinski definition) is 3. The Labute approximate surface area is 131 Å². The molecule has 1 aromatic rings. The van der Waals surface area contributed by atoms with Crippen LogP contribution in [0.2, 0.25) is 0 Å². The Hall–Kier alpha value is -1.92. The van der Waals surface area contributed by atoms with Crippen molar-refractivity contribution in [2.24, 2.45) is 0 Å². The van der Waals surface area contributed by atoms with E-state index in [-0.39, 0.29) is 23.8 Å². The molecule has 2 rings (SSSR count). The van der Waals surface area contributed by atoms with Gasteiger partial charge in [-0.15, -0.1) is 0 Å². The van der Waals surface area contributed by atoms with Gasteiger partial charge in [0.05, 0.1) is 6.04 Å². The van der Waals surface area contributed by atoms with Crippen LogP contribution in [0.25, 0.3) is 0 Å². The van der Waals surface area contributed by atoms with Gasteiger partial charge in [0, 0.05) is 25.8 Å². The molecule has 1 aliphatic heterocycles. The van der Waals surface area contributed by atoms with Crippen molar-refractivity contribution >= 4 is 17.4 Å². The molecule has 0 aromatic heterocycles. The third kappa shape index (κ3) is 4.54. The molecule has 6 nitrogen and oxygen atoms in total. The van der Waals surface area contributed by atoms with Gasteiger partial charge in [-0.05, 0) is 31.9 Å². The molecule has 0 saturated carbocycles. The van der Waals surface area contributed by atoms with E-state index in [1.807, 2.05) is 25.2 Å². The third-order valence-electron chi connectivity index (χ3n) is 3.88. The summed E-state index contributed by atoms with van der Waals surface area (Å²) in [5, 5.41) is 2.91. The molecule has 2 atom stereocenters. The van der Waals surface area contributed by atoms with Gasteiger partial charge in [0.2, 0.25) is 5.91 Å². The summed E-state index contributed by atoms with van der Waals surface area (Å²) in [5.74, 6) is -0.00843. The SMILES string of the molecule is CC(=O)C1CC(C(=O)NCCCN(C)c2ccccc2)NN1. The summed E-state index contributed by atoms with van der Waals surface area (Å²) in [6.45, 7) is 3.02. The number of benzene rings is 1. The number of amides is 1. The fraction of sp³-hybridized carbons (Fsp3) is 0.500. The third-order valence-corrected chi connectivity index (χ3v) is 3.88. The minimum absolute atomic E-state index is 0.0484. The van der Waals surface area contributed by atoms with Gasteiger partial charge in [-0.1, -0.05) is 18.2 Å². The summed E-state index contributed by atoms with van der Waals surface area (Å²) in [6, 6.07) is 9.55. The molecule has 0 radical (unpaired) electrons. The lowest BCUT2D eigenvalue weighted by molar-refractivity contribution is -0.122. The number of hydrazine groups is 1. The Morgan fingerprint density at radius 3 is 2.55 bits per heavy atom. The van der Waals surface area contributed by atoms with E-state index in [4.69, 9.17) is 0 Å². The Balaban J connectivity index is 1.64. The normalized spacial score (nSPS) is 20.6. The summed E-state index contributed by atoms with van der Waals surface area (Å²) >= 11 is 0. The molecule has 1 saturated heterocycles. The average Bonchev–Trinajstić information content (AvgIpc) is 3.02. The predicted octanol–water partition coefficient (Wildman–Crippen LogP) is 0.453. The second-order valence-corrected chi connectivity index (χ2v) is 5.64. The van der Waals surface area contributed by atoms with Crippen molar-refractivity contribution < 1.29 is 9.59 Å². The lowest BCUT2D eigenvalue weighted by atomic mass is 10.1. The first-order valence-corrected chi connectivity index (χ1v) is 7.63. The van der Waals surface area contributed by atoms with Crippen LogP contribution >= 0.6 is 0 Å². The second-order valence-electron chi connectivity index (χ2n) is 5.64. The molecule has 0 bridgehead atoms. The molecule has 1 amide bonds. The summed E-state index contributed by atoms with van der Waals surface area (Å²) in [5.41, 5.74) is 6.89. The summed E-state index contributed by atoms with van der Waals surface area (Å²) in [7, 11) is 2.04. The Kier molecular flexibility index (Phi) is 5.91. The Morgan fingerprint density at radius 1 is 1.23 bits per heavy atom. The molecule has 0 spiro atoms. The monoisotopic (exact) mass is 304 g/mol. The second kappa shape index (κ2) is 7.91. The predicted molar refractivity (Wildman–Crippen MR) is 86.5 cm³/mol. The number of anilines is 1. The molecule has 1 aromatic carbocycles. The van der Waals surface area contributed by atoms with Gasteiger partial charge in [0.15, 0.2) is 0 Å². The zero-order valence-electron chi connectivity index (χ0n) is 13.1. The maximum Gasteiger partial charge on any atom is 0.238 e. The van der Waals surface area contributed by atoms with Crippen LogP contribution in [0.15, 0.2) is 30.3 Å². The number of ketones is 1. The van der Waals surface area contributed by atoms with Crippen LogP contribution in [0.5, 0.6) is 0 Å².